The van der Waals surface area contributed by atoms with Gasteiger partial charge >= 0.3 is 0 Å². The van der Waals surface area contributed by atoms with Gasteiger partial charge in [-0.3, -0.25) is 4.79 Å². The predicted octanol–water partition coefficient (Wildman–Crippen LogP) is 2.32. The number of rotatable bonds is 5. The third-order valence-electron chi connectivity index (χ3n) is 4.34. The molecule has 0 atom stereocenters. The van der Waals surface area contributed by atoms with Crippen LogP contribution in [0.3, 0.4) is 0 Å². The van der Waals surface area contributed by atoms with Crippen LogP contribution < -0.4 is 9.64 Å². The topological polar surface area (TPSA) is 58.6 Å². The Balaban J connectivity index is 1.59. The normalized spacial score (nSPS) is 14.2. The summed E-state index contributed by atoms with van der Waals surface area (Å²) >= 11 is 0. The molecule has 132 valence electrons. The number of hydrogen-bond acceptors (Lipinski definition) is 5. The molecule has 1 aliphatic rings. The van der Waals surface area contributed by atoms with Crippen LogP contribution in [0, 0.1) is 6.92 Å². The SMILES string of the molecule is CCc1cccc(OC2CN(C(=O)c3cnc(N(C)C)nc3C)C2)c1. The molecule has 6 heteroatoms. The first-order valence-electron chi connectivity index (χ1n) is 8.53. The average Bonchev–Trinajstić information content (AvgIpc) is 2.57. The summed E-state index contributed by atoms with van der Waals surface area (Å²) in [4.78, 5) is 24.8. The lowest BCUT2D eigenvalue weighted by molar-refractivity contribution is 0.0176. The molecule has 3 rings (SSSR count). The summed E-state index contributed by atoms with van der Waals surface area (Å²) in [5.41, 5.74) is 2.50. The van der Waals surface area contributed by atoms with Gasteiger partial charge in [-0.1, -0.05) is 19.1 Å². The highest BCUT2D eigenvalue weighted by Crippen LogP contribution is 2.22. The molecule has 1 aromatic heterocycles. The highest BCUT2D eigenvalue weighted by molar-refractivity contribution is 5.95. The van der Waals surface area contributed by atoms with Crippen molar-refractivity contribution < 1.29 is 9.53 Å². The lowest BCUT2D eigenvalue weighted by Crippen LogP contribution is -2.56. The number of aromatic nitrogens is 2. The number of carbonyl (C=O) groups is 1. The summed E-state index contributed by atoms with van der Waals surface area (Å²) in [6.45, 7) is 5.13. The van der Waals surface area contributed by atoms with Crippen LogP contribution in [0.25, 0.3) is 0 Å². The smallest absolute Gasteiger partial charge is 0.257 e. The summed E-state index contributed by atoms with van der Waals surface area (Å²) in [7, 11) is 3.75. The minimum absolute atomic E-state index is 0.0371. The molecular formula is C19H24N4O2. The van der Waals surface area contributed by atoms with Gasteiger partial charge < -0.3 is 14.5 Å². The number of amides is 1. The molecule has 0 saturated carbocycles. The molecule has 0 N–H and O–H groups in total. The molecule has 0 aliphatic carbocycles. The summed E-state index contributed by atoms with van der Waals surface area (Å²) in [5, 5.41) is 0. The Morgan fingerprint density at radius 2 is 2.12 bits per heavy atom. The second-order valence-electron chi connectivity index (χ2n) is 6.51. The molecule has 1 aliphatic heterocycles. The number of likely N-dealkylation sites (tertiary alicyclic amines) is 1. The van der Waals surface area contributed by atoms with Gasteiger partial charge in [-0.2, -0.15) is 0 Å². The number of carbonyl (C=O) groups excluding carboxylic acids is 1. The van der Waals surface area contributed by atoms with Crippen LogP contribution in [0.1, 0.15) is 28.5 Å². The van der Waals surface area contributed by atoms with Gasteiger partial charge in [0.05, 0.1) is 24.3 Å². The monoisotopic (exact) mass is 340 g/mol. The van der Waals surface area contributed by atoms with E-state index in [0.29, 0.717) is 30.3 Å². The van der Waals surface area contributed by atoms with Gasteiger partial charge in [0.25, 0.3) is 5.91 Å². The van der Waals surface area contributed by atoms with E-state index in [9.17, 15) is 4.79 Å². The summed E-state index contributed by atoms with van der Waals surface area (Å²) in [6, 6.07) is 8.11. The first-order valence-corrected chi connectivity index (χ1v) is 8.53. The fourth-order valence-electron chi connectivity index (χ4n) is 2.76. The van der Waals surface area contributed by atoms with Crippen molar-refractivity contribution in [1.29, 1.82) is 0 Å². The lowest BCUT2D eigenvalue weighted by atomic mass is 10.1. The molecule has 6 nitrogen and oxygen atoms in total. The zero-order valence-electron chi connectivity index (χ0n) is 15.2. The predicted molar refractivity (Wildman–Crippen MR) is 97.2 cm³/mol. The van der Waals surface area contributed by atoms with Crippen LogP contribution in [0.15, 0.2) is 30.5 Å². The van der Waals surface area contributed by atoms with E-state index < -0.39 is 0 Å². The molecule has 0 bridgehead atoms. The first-order chi connectivity index (χ1) is 12.0. The number of aryl methyl sites for hydroxylation is 2. The van der Waals surface area contributed by atoms with E-state index in [1.807, 2.05) is 38.1 Å². The van der Waals surface area contributed by atoms with Crippen molar-refractivity contribution in [3.8, 4) is 5.75 Å². The molecule has 1 aromatic carbocycles. The number of hydrogen-bond donors (Lipinski definition) is 0. The van der Waals surface area contributed by atoms with Gasteiger partial charge in [-0.05, 0) is 31.0 Å². The van der Waals surface area contributed by atoms with Crippen LogP contribution in [0.4, 0.5) is 5.95 Å². The molecule has 1 fully saturated rings. The number of benzene rings is 1. The largest absolute Gasteiger partial charge is 0.487 e. The molecular weight excluding hydrogens is 316 g/mol. The summed E-state index contributed by atoms with van der Waals surface area (Å²) in [5.74, 6) is 1.44. The second-order valence-corrected chi connectivity index (χ2v) is 6.51. The van der Waals surface area contributed by atoms with E-state index in [1.165, 1.54) is 5.56 Å². The Labute approximate surface area is 148 Å². The van der Waals surface area contributed by atoms with E-state index in [2.05, 4.69) is 29.0 Å². The molecule has 0 radical (unpaired) electrons. The van der Waals surface area contributed by atoms with E-state index >= 15 is 0 Å². The Bertz CT molecular complexity index is 770. The molecule has 2 aromatic rings. The Hall–Kier alpha value is -2.63. The van der Waals surface area contributed by atoms with E-state index in [4.69, 9.17) is 4.74 Å². The standard InChI is InChI=1S/C19H24N4O2/c1-5-14-7-6-8-15(9-14)25-16-11-23(12-16)18(24)17-10-20-19(22(3)4)21-13(17)2/h6-10,16H,5,11-12H2,1-4H3. The fourth-order valence-corrected chi connectivity index (χ4v) is 2.76. The van der Waals surface area contributed by atoms with Crippen molar-refractivity contribution >= 4 is 11.9 Å². The summed E-state index contributed by atoms with van der Waals surface area (Å²) < 4.78 is 5.96. The van der Waals surface area contributed by atoms with Crippen molar-refractivity contribution in [3.05, 3.63) is 47.3 Å². The van der Waals surface area contributed by atoms with Crippen molar-refractivity contribution in [3.63, 3.8) is 0 Å². The Morgan fingerprint density at radius 1 is 1.36 bits per heavy atom. The lowest BCUT2D eigenvalue weighted by Gasteiger charge is -2.39. The highest BCUT2D eigenvalue weighted by atomic mass is 16.5. The molecule has 0 unspecified atom stereocenters. The summed E-state index contributed by atoms with van der Waals surface area (Å²) in [6.07, 6.45) is 2.63. The Morgan fingerprint density at radius 3 is 2.76 bits per heavy atom. The minimum Gasteiger partial charge on any atom is -0.487 e. The maximum atomic E-state index is 12.6. The quantitative estimate of drug-likeness (QED) is 0.836. The van der Waals surface area contributed by atoms with Crippen LogP contribution in [0.2, 0.25) is 0 Å². The zero-order valence-corrected chi connectivity index (χ0v) is 15.2. The van der Waals surface area contributed by atoms with Crippen molar-refractivity contribution in [2.24, 2.45) is 0 Å². The fraction of sp³-hybridized carbons (Fsp3) is 0.421. The zero-order chi connectivity index (χ0) is 18.0. The van der Waals surface area contributed by atoms with Gasteiger partial charge in [0.1, 0.15) is 11.9 Å². The minimum atomic E-state index is -0.0371. The second kappa shape index (κ2) is 7.09. The third kappa shape index (κ3) is 3.73. The number of anilines is 1. The molecule has 1 amide bonds. The van der Waals surface area contributed by atoms with Crippen molar-refractivity contribution in [2.75, 3.05) is 32.1 Å². The maximum Gasteiger partial charge on any atom is 0.257 e. The Kier molecular flexibility index (Phi) is 4.88. The van der Waals surface area contributed by atoms with Crippen LogP contribution in [-0.2, 0) is 6.42 Å². The molecule has 2 heterocycles. The number of ether oxygens (including phenoxy) is 1. The van der Waals surface area contributed by atoms with Gasteiger partial charge in [-0.15, -0.1) is 0 Å². The maximum absolute atomic E-state index is 12.6. The molecule has 1 saturated heterocycles. The van der Waals surface area contributed by atoms with Gasteiger partial charge in [0, 0.05) is 20.3 Å². The van der Waals surface area contributed by atoms with Crippen molar-refractivity contribution in [1.82, 2.24) is 14.9 Å². The van der Waals surface area contributed by atoms with Crippen LogP contribution >= 0.6 is 0 Å². The third-order valence-corrected chi connectivity index (χ3v) is 4.34. The van der Waals surface area contributed by atoms with Crippen LogP contribution in [-0.4, -0.2) is 54.1 Å². The van der Waals surface area contributed by atoms with Gasteiger partial charge in [0.2, 0.25) is 5.95 Å². The van der Waals surface area contributed by atoms with E-state index in [1.54, 1.807) is 11.1 Å². The first kappa shape index (κ1) is 17.2. The van der Waals surface area contributed by atoms with Gasteiger partial charge in [0.15, 0.2) is 0 Å². The van der Waals surface area contributed by atoms with E-state index in [-0.39, 0.29) is 12.0 Å². The van der Waals surface area contributed by atoms with Crippen molar-refractivity contribution in [2.45, 2.75) is 26.4 Å². The van der Waals surface area contributed by atoms with E-state index in [0.717, 1.165) is 12.2 Å². The highest BCUT2D eigenvalue weighted by Gasteiger charge is 2.33. The molecule has 25 heavy (non-hydrogen) atoms. The average molecular weight is 340 g/mol. The molecule has 0 spiro atoms. The number of nitrogens with zero attached hydrogens (tertiary/aromatic N) is 4. The van der Waals surface area contributed by atoms with Crippen LogP contribution in [0.5, 0.6) is 5.75 Å². The van der Waals surface area contributed by atoms with Gasteiger partial charge in [-0.25, -0.2) is 9.97 Å².